The van der Waals surface area contributed by atoms with Gasteiger partial charge in [-0.2, -0.15) is 0 Å². The van der Waals surface area contributed by atoms with Crippen molar-refractivity contribution in [2.45, 2.75) is 39.0 Å². The van der Waals surface area contributed by atoms with E-state index in [-0.39, 0.29) is 5.91 Å². The van der Waals surface area contributed by atoms with Crippen molar-refractivity contribution in [3.8, 4) is 0 Å². The third-order valence-electron chi connectivity index (χ3n) is 3.06. The number of hydrogen-bond donors (Lipinski definition) is 1. The largest absolute Gasteiger partial charge is 0.382 e. The molecule has 1 rings (SSSR count). The van der Waals surface area contributed by atoms with Gasteiger partial charge in [0.05, 0.1) is 6.54 Å². The van der Waals surface area contributed by atoms with E-state index in [1.807, 2.05) is 6.92 Å². The molecule has 1 N–H and O–H groups in total. The van der Waals surface area contributed by atoms with E-state index in [0.29, 0.717) is 6.54 Å². The van der Waals surface area contributed by atoms with Crippen molar-refractivity contribution in [3.05, 3.63) is 0 Å². The first-order valence-electron chi connectivity index (χ1n) is 6.89. The van der Waals surface area contributed by atoms with E-state index < -0.39 is 0 Å². The number of ether oxygens (including phenoxy) is 1. The highest BCUT2D eigenvalue weighted by atomic mass is 16.5. The Kier molecular flexibility index (Phi) is 8.01. The molecule has 1 aliphatic rings. The lowest BCUT2D eigenvalue weighted by atomic mass is 10.2. The van der Waals surface area contributed by atoms with E-state index in [1.165, 1.54) is 25.7 Å². The Labute approximate surface area is 105 Å². The van der Waals surface area contributed by atoms with Crippen molar-refractivity contribution in [2.75, 3.05) is 39.4 Å². The van der Waals surface area contributed by atoms with Gasteiger partial charge in [-0.3, -0.25) is 9.69 Å². The SMILES string of the molecule is CCOCCCNC(=O)CN1CCCCCC1. The minimum Gasteiger partial charge on any atom is -0.382 e. The lowest BCUT2D eigenvalue weighted by Crippen LogP contribution is -2.38. The van der Waals surface area contributed by atoms with Crippen molar-refractivity contribution in [1.29, 1.82) is 0 Å². The second kappa shape index (κ2) is 9.42. The van der Waals surface area contributed by atoms with Gasteiger partial charge in [-0.05, 0) is 39.3 Å². The highest BCUT2D eigenvalue weighted by Gasteiger charge is 2.12. The molecule has 0 aliphatic carbocycles. The standard InChI is InChI=1S/C13H26N2O2/c1-2-17-11-7-8-14-13(16)12-15-9-5-3-4-6-10-15/h2-12H2,1H3,(H,14,16). The minimum atomic E-state index is 0.156. The normalized spacial score (nSPS) is 17.7. The van der Waals surface area contributed by atoms with Gasteiger partial charge in [-0.1, -0.05) is 12.8 Å². The quantitative estimate of drug-likeness (QED) is 0.686. The van der Waals surface area contributed by atoms with Gasteiger partial charge in [-0.15, -0.1) is 0 Å². The van der Waals surface area contributed by atoms with Gasteiger partial charge in [-0.25, -0.2) is 0 Å². The molecule has 0 aromatic rings. The number of rotatable bonds is 7. The van der Waals surface area contributed by atoms with Crippen molar-refractivity contribution in [3.63, 3.8) is 0 Å². The van der Waals surface area contributed by atoms with Crippen molar-refractivity contribution < 1.29 is 9.53 Å². The Balaban J connectivity index is 2.03. The van der Waals surface area contributed by atoms with Gasteiger partial charge < -0.3 is 10.1 Å². The first-order chi connectivity index (χ1) is 8.33. The molecule has 1 fully saturated rings. The summed E-state index contributed by atoms with van der Waals surface area (Å²) in [4.78, 5) is 13.9. The van der Waals surface area contributed by atoms with Crippen LogP contribution in [0.25, 0.3) is 0 Å². The number of nitrogens with one attached hydrogen (secondary N) is 1. The van der Waals surface area contributed by atoms with E-state index >= 15 is 0 Å². The van der Waals surface area contributed by atoms with Crippen molar-refractivity contribution in [2.24, 2.45) is 0 Å². The molecule has 4 heteroatoms. The van der Waals surface area contributed by atoms with E-state index in [4.69, 9.17) is 4.74 Å². The molecule has 0 saturated carbocycles. The average molecular weight is 242 g/mol. The van der Waals surface area contributed by atoms with Gasteiger partial charge in [0.15, 0.2) is 0 Å². The molecule has 1 saturated heterocycles. The van der Waals surface area contributed by atoms with Crippen molar-refractivity contribution in [1.82, 2.24) is 10.2 Å². The predicted octanol–water partition coefficient (Wildman–Crippen LogP) is 1.41. The fourth-order valence-corrected chi connectivity index (χ4v) is 2.10. The number of hydrogen-bond acceptors (Lipinski definition) is 3. The van der Waals surface area contributed by atoms with Crippen LogP contribution >= 0.6 is 0 Å². The minimum absolute atomic E-state index is 0.156. The number of amides is 1. The summed E-state index contributed by atoms with van der Waals surface area (Å²) in [5, 5.41) is 2.95. The summed E-state index contributed by atoms with van der Waals surface area (Å²) in [6.45, 7) is 6.92. The average Bonchev–Trinajstić information content (AvgIpc) is 2.57. The van der Waals surface area contributed by atoms with Crippen LogP contribution < -0.4 is 5.32 Å². The molecule has 1 amide bonds. The Hall–Kier alpha value is -0.610. The van der Waals surface area contributed by atoms with Crippen LogP contribution in [0.3, 0.4) is 0 Å². The maximum atomic E-state index is 11.7. The number of likely N-dealkylation sites (tertiary alicyclic amines) is 1. The third-order valence-corrected chi connectivity index (χ3v) is 3.06. The van der Waals surface area contributed by atoms with Crippen LogP contribution in [0.2, 0.25) is 0 Å². The summed E-state index contributed by atoms with van der Waals surface area (Å²) >= 11 is 0. The molecular weight excluding hydrogens is 216 g/mol. The summed E-state index contributed by atoms with van der Waals surface area (Å²) in [7, 11) is 0. The molecule has 0 aromatic heterocycles. The number of carbonyl (C=O) groups excluding carboxylic acids is 1. The van der Waals surface area contributed by atoms with E-state index in [2.05, 4.69) is 10.2 Å². The maximum Gasteiger partial charge on any atom is 0.234 e. The van der Waals surface area contributed by atoms with Gasteiger partial charge in [0.25, 0.3) is 0 Å². The van der Waals surface area contributed by atoms with E-state index in [0.717, 1.165) is 39.3 Å². The molecule has 1 heterocycles. The molecule has 0 atom stereocenters. The molecule has 0 unspecified atom stereocenters. The number of carbonyl (C=O) groups is 1. The Morgan fingerprint density at radius 3 is 2.59 bits per heavy atom. The van der Waals surface area contributed by atoms with Gasteiger partial charge in [0.1, 0.15) is 0 Å². The predicted molar refractivity (Wildman–Crippen MR) is 69.0 cm³/mol. The van der Waals surface area contributed by atoms with E-state index in [9.17, 15) is 4.79 Å². The first kappa shape index (κ1) is 14.5. The molecule has 17 heavy (non-hydrogen) atoms. The molecular formula is C13H26N2O2. The van der Waals surface area contributed by atoms with Crippen LogP contribution in [0, 0.1) is 0 Å². The zero-order chi connectivity index (χ0) is 12.3. The molecule has 0 radical (unpaired) electrons. The molecule has 0 spiro atoms. The molecule has 4 nitrogen and oxygen atoms in total. The first-order valence-corrected chi connectivity index (χ1v) is 6.89. The maximum absolute atomic E-state index is 11.7. The highest BCUT2D eigenvalue weighted by Crippen LogP contribution is 2.08. The lowest BCUT2D eigenvalue weighted by Gasteiger charge is -2.18. The monoisotopic (exact) mass is 242 g/mol. The molecule has 0 aromatic carbocycles. The summed E-state index contributed by atoms with van der Waals surface area (Å²) < 4.78 is 5.22. The van der Waals surface area contributed by atoms with Gasteiger partial charge >= 0.3 is 0 Å². The molecule has 100 valence electrons. The highest BCUT2D eigenvalue weighted by molar-refractivity contribution is 5.77. The fourth-order valence-electron chi connectivity index (χ4n) is 2.10. The molecule has 0 bridgehead atoms. The summed E-state index contributed by atoms with van der Waals surface area (Å²) in [5.74, 6) is 0.156. The zero-order valence-electron chi connectivity index (χ0n) is 11.0. The third kappa shape index (κ3) is 7.34. The Morgan fingerprint density at radius 1 is 1.24 bits per heavy atom. The van der Waals surface area contributed by atoms with Crippen molar-refractivity contribution >= 4 is 5.91 Å². The fraction of sp³-hybridized carbons (Fsp3) is 0.923. The summed E-state index contributed by atoms with van der Waals surface area (Å²) in [5.41, 5.74) is 0. The summed E-state index contributed by atoms with van der Waals surface area (Å²) in [6, 6.07) is 0. The van der Waals surface area contributed by atoms with Crippen LogP contribution in [0.5, 0.6) is 0 Å². The lowest BCUT2D eigenvalue weighted by molar-refractivity contribution is -0.122. The van der Waals surface area contributed by atoms with E-state index in [1.54, 1.807) is 0 Å². The van der Waals surface area contributed by atoms with Crippen LogP contribution in [0.15, 0.2) is 0 Å². The van der Waals surface area contributed by atoms with Gasteiger partial charge in [0, 0.05) is 19.8 Å². The Bertz CT molecular complexity index is 202. The van der Waals surface area contributed by atoms with Crippen LogP contribution in [0.1, 0.15) is 39.0 Å². The Morgan fingerprint density at radius 2 is 1.94 bits per heavy atom. The van der Waals surface area contributed by atoms with Crippen LogP contribution in [0.4, 0.5) is 0 Å². The zero-order valence-corrected chi connectivity index (χ0v) is 11.0. The second-order valence-corrected chi connectivity index (χ2v) is 4.59. The second-order valence-electron chi connectivity index (χ2n) is 4.59. The topological polar surface area (TPSA) is 41.6 Å². The van der Waals surface area contributed by atoms with Gasteiger partial charge in [0.2, 0.25) is 5.91 Å². The summed E-state index contributed by atoms with van der Waals surface area (Å²) in [6.07, 6.45) is 5.99. The molecule has 1 aliphatic heterocycles. The van der Waals surface area contributed by atoms with Crippen LogP contribution in [-0.4, -0.2) is 50.2 Å². The van der Waals surface area contributed by atoms with Crippen LogP contribution in [-0.2, 0) is 9.53 Å². The smallest absolute Gasteiger partial charge is 0.234 e. The number of nitrogens with zero attached hydrogens (tertiary/aromatic N) is 1.